The zero-order chi connectivity index (χ0) is 31.2. The van der Waals surface area contributed by atoms with E-state index in [1.165, 1.54) is 12.1 Å². The minimum atomic E-state index is -5.75. The van der Waals surface area contributed by atoms with Gasteiger partial charge in [0.25, 0.3) is 5.91 Å². The van der Waals surface area contributed by atoms with Crippen molar-refractivity contribution in [2.24, 2.45) is 5.92 Å². The Labute approximate surface area is 256 Å². The molecule has 3 fully saturated rings. The summed E-state index contributed by atoms with van der Waals surface area (Å²) in [5.41, 5.74) is -4.24. The van der Waals surface area contributed by atoms with Crippen LogP contribution in [-0.2, 0) is 24.6 Å². The maximum absolute atomic E-state index is 14.3. The first kappa shape index (κ1) is 30.8. The predicted molar refractivity (Wildman–Crippen MR) is 158 cm³/mol. The van der Waals surface area contributed by atoms with Gasteiger partial charge in [-0.2, -0.15) is 8.78 Å². The van der Waals surface area contributed by atoms with Crippen LogP contribution < -0.4 is 5.32 Å². The summed E-state index contributed by atoms with van der Waals surface area (Å²) >= 11 is 1.02. The van der Waals surface area contributed by atoms with Gasteiger partial charge in [-0.3, -0.25) is 18.9 Å². The highest BCUT2D eigenvalue weighted by molar-refractivity contribution is 7.52. The number of ether oxygens (including phenoxy) is 1. The summed E-state index contributed by atoms with van der Waals surface area (Å²) in [4.78, 5) is 62.5. The van der Waals surface area contributed by atoms with Gasteiger partial charge in [0.2, 0.25) is 11.8 Å². The molecule has 0 bridgehead atoms. The molecule has 234 valence electrons. The van der Waals surface area contributed by atoms with Crippen LogP contribution in [0.25, 0.3) is 10.1 Å². The van der Waals surface area contributed by atoms with Crippen molar-refractivity contribution in [3.8, 4) is 0 Å². The monoisotopic (exact) mass is 647 g/mol. The smallest absolute Gasteiger partial charge is 0.370 e. The molecular weight excluding hydrogens is 615 g/mol. The Bertz CT molecular complexity index is 1630. The van der Waals surface area contributed by atoms with E-state index in [-0.39, 0.29) is 34.1 Å². The number of carbonyl (C=O) groups excluding carboxylic acids is 3. The number of benzene rings is 2. The van der Waals surface area contributed by atoms with Crippen molar-refractivity contribution in [3.05, 3.63) is 70.6 Å². The number of amides is 3. The van der Waals surface area contributed by atoms with Crippen molar-refractivity contribution < 1.29 is 42.3 Å². The molecule has 2 saturated heterocycles. The maximum Gasteiger partial charge on any atom is 0.399 e. The predicted octanol–water partition coefficient (Wildman–Crippen LogP) is 4.23. The van der Waals surface area contributed by atoms with Crippen LogP contribution in [0.3, 0.4) is 0 Å². The Morgan fingerprint density at radius 3 is 2.50 bits per heavy atom. The molecule has 1 saturated carbocycles. The van der Waals surface area contributed by atoms with E-state index < -0.39 is 36.8 Å². The van der Waals surface area contributed by atoms with Crippen molar-refractivity contribution in [1.29, 1.82) is 0 Å². The van der Waals surface area contributed by atoms with Crippen LogP contribution in [0.2, 0.25) is 0 Å². The first-order valence-electron chi connectivity index (χ1n) is 14.5. The molecule has 44 heavy (non-hydrogen) atoms. The van der Waals surface area contributed by atoms with Crippen molar-refractivity contribution in [2.45, 2.75) is 49.5 Å². The number of rotatable bonds is 8. The molecule has 3 amide bonds. The topological polar surface area (TPSA) is 136 Å². The highest BCUT2D eigenvalue weighted by Gasteiger charge is 2.50. The SMILES string of the molecule is O=C(N[C@H](C(=O)N1CCC[C@H]1C(=O)N1CCO[C@@H](c2ccccc2)C1)C1CC1)c1cc2cc(C(F)(F)P(=O)(O)O)ccc2s1. The number of likely N-dealkylation sites (tertiary alicyclic amines) is 1. The van der Waals surface area contributed by atoms with Gasteiger partial charge in [-0.1, -0.05) is 36.4 Å². The van der Waals surface area contributed by atoms with Crippen LogP contribution in [0.5, 0.6) is 0 Å². The minimum Gasteiger partial charge on any atom is -0.370 e. The summed E-state index contributed by atoms with van der Waals surface area (Å²) in [6.07, 6.45) is 2.44. The summed E-state index contributed by atoms with van der Waals surface area (Å²) in [5, 5.41) is 3.06. The Kier molecular flexibility index (Phi) is 8.36. The molecule has 2 aromatic carbocycles. The lowest BCUT2D eigenvalue weighted by Crippen LogP contribution is -2.56. The normalized spacial score (nSPS) is 21.8. The lowest BCUT2D eigenvalue weighted by atomic mass is 10.1. The van der Waals surface area contributed by atoms with Crippen LogP contribution in [0.4, 0.5) is 8.78 Å². The fraction of sp³-hybridized carbons (Fsp3) is 0.433. The lowest BCUT2D eigenvalue weighted by Gasteiger charge is -2.37. The van der Waals surface area contributed by atoms with Crippen molar-refractivity contribution >= 4 is 46.7 Å². The Morgan fingerprint density at radius 1 is 1.05 bits per heavy atom. The van der Waals surface area contributed by atoms with E-state index in [0.717, 1.165) is 41.9 Å². The lowest BCUT2D eigenvalue weighted by molar-refractivity contribution is -0.149. The van der Waals surface area contributed by atoms with Crippen LogP contribution in [0.1, 0.15) is 52.6 Å². The number of morpholine rings is 1. The van der Waals surface area contributed by atoms with E-state index >= 15 is 0 Å². The number of fused-ring (bicyclic) bond motifs is 1. The molecule has 3 atom stereocenters. The van der Waals surface area contributed by atoms with E-state index in [2.05, 4.69) is 5.32 Å². The molecule has 3 aromatic rings. The maximum atomic E-state index is 14.3. The first-order chi connectivity index (χ1) is 20.9. The average Bonchev–Trinajstić information content (AvgIpc) is 3.56. The third kappa shape index (κ3) is 6.03. The Balaban J connectivity index is 1.16. The van der Waals surface area contributed by atoms with E-state index in [1.54, 1.807) is 9.80 Å². The largest absolute Gasteiger partial charge is 0.399 e. The van der Waals surface area contributed by atoms with E-state index in [9.17, 15) is 27.7 Å². The fourth-order valence-corrected chi connectivity index (χ4v) is 7.35. The van der Waals surface area contributed by atoms with E-state index in [0.29, 0.717) is 43.8 Å². The van der Waals surface area contributed by atoms with Gasteiger partial charge >= 0.3 is 13.3 Å². The molecule has 0 unspecified atom stereocenters. The van der Waals surface area contributed by atoms with Gasteiger partial charge in [0.1, 0.15) is 18.2 Å². The van der Waals surface area contributed by atoms with E-state index in [4.69, 9.17) is 14.5 Å². The van der Waals surface area contributed by atoms with Crippen LogP contribution in [0.15, 0.2) is 54.6 Å². The van der Waals surface area contributed by atoms with Crippen molar-refractivity contribution in [3.63, 3.8) is 0 Å². The number of nitrogens with one attached hydrogen (secondary N) is 1. The second-order valence-electron chi connectivity index (χ2n) is 11.5. The number of alkyl halides is 2. The van der Waals surface area contributed by atoms with Crippen LogP contribution in [0, 0.1) is 5.92 Å². The zero-order valence-electron chi connectivity index (χ0n) is 23.6. The first-order valence-corrected chi connectivity index (χ1v) is 16.9. The second-order valence-corrected chi connectivity index (χ2v) is 14.2. The highest BCUT2D eigenvalue weighted by atomic mass is 32.1. The molecule has 1 aromatic heterocycles. The third-order valence-electron chi connectivity index (χ3n) is 8.47. The third-order valence-corrected chi connectivity index (χ3v) is 10.6. The molecule has 10 nitrogen and oxygen atoms in total. The average molecular weight is 648 g/mol. The summed E-state index contributed by atoms with van der Waals surface area (Å²) in [7, 11) is -5.75. The molecule has 6 rings (SSSR count). The summed E-state index contributed by atoms with van der Waals surface area (Å²) in [6, 6.07) is 12.7. The number of hydrogen-bond acceptors (Lipinski definition) is 6. The molecular formula is C30H32F2N3O7PS. The van der Waals surface area contributed by atoms with Gasteiger partial charge < -0.3 is 29.6 Å². The number of nitrogens with zero attached hydrogens (tertiary/aromatic N) is 2. The number of halogens is 2. The van der Waals surface area contributed by atoms with Gasteiger partial charge in [0, 0.05) is 23.4 Å². The quantitative estimate of drug-likeness (QED) is 0.312. The minimum absolute atomic E-state index is 0.0726. The van der Waals surface area contributed by atoms with Gasteiger partial charge in [0.05, 0.1) is 18.0 Å². The van der Waals surface area contributed by atoms with Crippen molar-refractivity contribution in [1.82, 2.24) is 15.1 Å². The molecule has 1 aliphatic carbocycles. The van der Waals surface area contributed by atoms with E-state index in [1.807, 2.05) is 30.3 Å². The van der Waals surface area contributed by atoms with Gasteiger partial charge in [0.15, 0.2) is 0 Å². The number of carbonyl (C=O) groups is 3. The molecule has 0 radical (unpaired) electrons. The molecule has 14 heteroatoms. The Morgan fingerprint density at radius 2 is 1.80 bits per heavy atom. The fourth-order valence-electron chi connectivity index (χ4n) is 5.93. The van der Waals surface area contributed by atoms with Gasteiger partial charge in [-0.25, -0.2) is 0 Å². The van der Waals surface area contributed by atoms with Crippen LogP contribution >= 0.6 is 18.9 Å². The standard InChI is InChI=1S/C30H32F2N3O7PS/c31-30(32,43(39,40)41)21-10-11-24-20(15-21)16-25(44-24)27(36)33-26(19-8-9-19)29(38)35-12-4-7-22(35)28(37)34-13-14-42-23(17-34)18-5-2-1-3-6-18/h1-3,5-6,10-11,15-16,19,22-23,26H,4,7-9,12-14,17H2,(H,33,36)(H2,39,40,41)/t22-,23+,26-/m0/s1. The van der Waals surface area contributed by atoms with Crippen molar-refractivity contribution in [2.75, 3.05) is 26.2 Å². The number of hydrogen-bond donors (Lipinski definition) is 3. The summed E-state index contributed by atoms with van der Waals surface area (Å²) in [6.45, 7) is 1.61. The molecule has 3 heterocycles. The summed E-state index contributed by atoms with van der Waals surface area (Å²) in [5.74, 6) is -1.07. The summed E-state index contributed by atoms with van der Waals surface area (Å²) < 4.78 is 46.2. The molecule has 3 aliphatic rings. The van der Waals surface area contributed by atoms with Crippen LogP contribution in [-0.4, -0.2) is 75.6 Å². The zero-order valence-corrected chi connectivity index (χ0v) is 25.3. The Hall–Kier alpha value is -3.22. The highest BCUT2D eigenvalue weighted by Crippen LogP contribution is 2.59. The molecule has 2 aliphatic heterocycles. The molecule has 3 N–H and O–H groups in total. The number of thiophene rings is 1. The van der Waals surface area contributed by atoms with Gasteiger partial charge in [-0.15, -0.1) is 11.3 Å². The second kappa shape index (κ2) is 11.9. The molecule has 0 spiro atoms. The van der Waals surface area contributed by atoms with Gasteiger partial charge in [-0.05, 0) is 60.7 Å².